The lowest BCUT2D eigenvalue weighted by Crippen LogP contribution is -2.40. The summed E-state index contributed by atoms with van der Waals surface area (Å²) >= 11 is 0. The average Bonchev–Trinajstić information content (AvgIpc) is 2.93. The molecule has 2 fully saturated rings. The summed E-state index contributed by atoms with van der Waals surface area (Å²) in [5.41, 5.74) is 0. The maximum atomic E-state index is 13.0. The van der Waals surface area contributed by atoms with Crippen molar-refractivity contribution in [1.29, 1.82) is 0 Å². The second kappa shape index (κ2) is 5.19. The topological polar surface area (TPSA) is 89.9 Å². The van der Waals surface area contributed by atoms with Crippen molar-refractivity contribution >= 4 is 16.1 Å². The van der Waals surface area contributed by atoms with Gasteiger partial charge in [0.15, 0.2) is 0 Å². The summed E-state index contributed by atoms with van der Waals surface area (Å²) < 4.78 is 64.7. The van der Waals surface area contributed by atoms with E-state index in [2.05, 4.69) is 4.74 Å². The van der Waals surface area contributed by atoms with Crippen molar-refractivity contribution in [2.24, 2.45) is 17.8 Å². The van der Waals surface area contributed by atoms with Crippen molar-refractivity contribution in [2.45, 2.75) is 30.6 Å². The second-order valence-corrected chi connectivity index (χ2v) is 6.82. The smallest absolute Gasteiger partial charge is 0.460 e. The molecule has 9 heteroatoms. The molecule has 2 saturated carbocycles. The molecular formula is C11H16F2O6S. The van der Waals surface area contributed by atoms with E-state index in [9.17, 15) is 22.0 Å². The maximum absolute atomic E-state index is 13.0. The van der Waals surface area contributed by atoms with E-state index in [1.165, 1.54) is 0 Å². The van der Waals surface area contributed by atoms with Crippen molar-refractivity contribution in [3.8, 4) is 0 Å². The predicted octanol–water partition coefficient (Wildman–Crippen LogP) is 1.07. The summed E-state index contributed by atoms with van der Waals surface area (Å²) in [5, 5.41) is -4.93. The standard InChI is InChI=1S/C11H16F2O6S/c1-18-9-4-6-2-7(8(9)3-6)5-19-10(14)11(12,13)20(15,16)17/h6-9H,2-5H2,1H3,(H,15,16,17). The Kier molecular flexibility index (Phi) is 4.05. The van der Waals surface area contributed by atoms with Gasteiger partial charge in [-0.1, -0.05) is 0 Å². The molecule has 0 aromatic rings. The Labute approximate surface area is 115 Å². The summed E-state index contributed by atoms with van der Waals surface area (Å²) in [6.07, 6.45) is 2.58. The molecule has 0 saturated heterocycles. The van der Waals surface area contributed by atoms with Crippen LogP contribution < -0.4 is 0 Å². The van der Waals surface area contributed by atoms with Crippen LogP contribution >= 0.6 is 0 Å². The van der Waals surface area contributed by atoms with Crippen LogP contribution in [0.1, 0.15) is 19.3 Å². The average molecular weight is 314 g/mol. The first-order valence-corrected chi connectivity index (χ1v) is 7.65. The lowest BCUT2D eigenvalue weighted by atomic mass is 9.87. The Hall–Kier alpha value is -0.800. The van der Waals surface area contributed by atoms with Gasteiger partial charge in [-0.25, -0.2) is 4.79 Å². The summed E-state index contributed by atoms with van der Waals surface area (Å²) in [6.45, 7) is -0.287. The van der Waals surface area contributed by atoms with E-state index in [4.69, 9.17) is 9.29 Å². The lowest BCUT2D eigenvalue weighted by Gasteiger charge is -2.28. The molecule has 20 heavy (non-hydrogen) atoms. The van der Waals surface area contributed by atoms with Gasteiger partial charge in [0.1, 0.15) is 0 Å². The minimum Gasteiger partial charge on any atom is -0.460 e. The van der Waals surface area contributed by atoms with Crippen LogP contribution in [0.4, 0.5) is 8.78 Å². The first kappa shape index (κ1) is 15.6. The second-order valence-electron chi connectivity index (χ2n) is 5.36. The van der Waals surface area contributed by atoms with E-state index in [-0.39, 0.29) is 24.5 Å². The Bertz CT molecular complexity index is 491. The third-order valence-corrected chi connectivity index (χ3v) is 5.00. The summed E-state index contributed by atoms with van der Waals surface area (Å²) in [6, 6.07) is 0. The van der Waals surface area contributed by atoms with Crippen LogP contribution in [-0.2, 0) is 24.4 Å². The molecule has 2 bridgehead atoms. The number of ether oxygens (including phenoxy) is 2. The number of methoxy groups -OCH3 is 1. The SMILES string of the molecule is COC1CC2CC(COC(=O)C(F)(F)S(=O)(=O)O)C1C2. The van der Waals surface area contributed by atoms with Crippen molar-refractivity contribution in [2.75, 3.05) is 13.7 Å². The molecular weight excluding hydrogens is 298 g/mol. The Morgan fingerprint density at radius 1 is 1.35 bits per heavy atom. The van der Waals surface area contributed by atoms with Gasteiger partial charge in [-0.15, -0.1) is 0 Å². The van der Waals surface area contributed by atoms with Gasteiger partial charge < -0.3 is 9.47 Å². The summed E-state index contributed by atoms with van der Waals surface area (Å²) in [5.74, 6) is -1.79. The number of halogens is 2. The van der Waals surface area contributed by atoms with Gasteiger partial charge in [0.25, 0.3) is 0 Å². The van der Waals surface area contributed by atoms with E-state index < -0.39 is 21.3 Å². The van der Waals surface area contributed by atoms with Crippen LogP contribution in [0.2, 0.25) is 0 Å². The number of rotatable bonds is 5. The Balaban J connectivity index is 1.92. The first-order valence-electron chi connectivity index (χ1n) is 6.21. The van der Waals surface area contributed by atoms with Crippen molar-refractivity contribution in [3.63, 3.8) is 0 Å². The van der Waals surface area contributed by atoms with Crippen molar-refractivity contribution in [3.05, 3.63) is 0 Å². The van der Waals surface area contributed by atoms with Crippen molar-refractivity contribution < 1.29 is 36.0 Å². The zero-order valence-electron chi connectivity index (χ0n) is 10.8. The molecule has 0 aromatic heterocycles. The first-order chi connectivity index (χ1) is 9.16. The lowest BCUT2D eigenvalue weighted by molar-refractivity contribution is -0.164. The Morgan fingerprint density at radius 2 is 2.00 bits per heavy atom. The third-order valence-electron chi connectivity index (χ3n) is 4.18. The zero-order valence-corrected chi connectivity index (χ0v) is 11.6. The highest BCUT2D eigenvalue weighted by Gasteiger charge is 2.55. The molecule has 116 valence electrons. The number of hydrogen-bond donors (Lipinski definition) is 1. The van der Waals surface area contributed by atoms with Gasteiger partial charge in [-0.2, -0.15) is 17.2 Å². The molecule has 4 atom stereocenters. The number of esters is 1. The van der Waals surface area contributed by atoms with Crippen LogP contribution in [0.3, 0.4) is 0 Å². The maximum Gasteiger partial charge on any atom is 0.465 e. The van der Waals surface area contributed by atoms with Crippen LogP contribution in [-0.4, -0.2) is 44.0 Å². The van der Waals surface area contributed by atoms with Gasteiger partial charge in [-0.3, -0.25) is 4.55 Å². The number of hydrogen-bond acceptors (Lipinski definition) is 5. The zero-order chi connectivity index (χ0) is 15.1. The molecule has 4 unspecified atom stereocenters. The summed E-state index contributed by atoms with van der Waals surface area (Å²) in [7, 11) is -4.24. The van der Waals surface area contributed by atoms with E-state index in [0.29, 0.717) is 5.92 Å². The van der Waals surface area contributed by atoms with Crippen LogP contribution in [0, 0.1) is 17.8 Å². The molecule has 0 radical (unpaired) electrons. The normalized spacial score (nSPS) is 33.4. The molecule has 2 aliphatic carbocycles. The molecule has 0 spiro atoms. The molecule has 0 amide bonds. The highest BCUT2D eigenvalue weighted by molar-refractivity contribution is 7.87. The molecule has 2 aliphatic rings. The quantitative estimate of drug-likeness (QED) is 0.603. The third kappa shape index (κ3) is 2.66. The van der Waals surface area contributed by atoms with Crippen LogP contribution in [0.5, 0.6) is 0 Å². The monoisotopic (exact) mass is 314 g/mol. The van der Waals surface area contributed by atoms with E-state index in [1.807, 2.05) is 0 Å². The fourth-order valence-electron chi connectivity index (χ4n) is 3.26. The molecule has 1 N–H and O–H groups in total. The Morgan fingerprint density at radius 3 is 2.50 bits per heavy atom. The largest absolute Gasteiger partial charge is 0.465 e. The van der Waals surface area contributed by atoms with Gasteiger partial charge in [0.05, 0.1) is 12.7 Å². The number of carbonyl (C=O) groups excluding carboxylic acids is 1. The van der Waals surface area contributed by atoms with E-state index >= 15 is 0 Å². The van der Waals surface area contributed by atoms with E-state index in [1.54, 1.807) is 7.11 Å². The fourth-order valence-corrected chi connectivity index (χ4v) is 3.53. The minimum absolute atomic E-state index is 0.0273. The van der Waals surface area contributed by atoms with Gasteiger partial charge in [0.2, 0.25) is 0 Å². The molecule has 6 nitrogen and oxygen atoms in total. The molecule has 2 rings (SSSR count). The van der Waals surface area contributed by atoms with Crippen LogP contribution in [0.15, 0.2) is 0 Å². The number of carbonyl (C=O) groups is 1. The highest BCUT2D eigenvalue weighted by atomic mass is 32.2. The summed E-state index contributed by atoms with van der Waals surface area (Å²) in [4.78, 5) is 11.1. The number of fused-ring (bicyclic) bond motifs is 2. The molecule has 0 aromatic carbocycles. The predicted molar refractivity (Wildman–Crippen MR) is 62.6 cm³/mol. The molecule has 0 aliphatic heterocycles. The van der Waals surface area contributed by atoms with Crippen LogP contribution in [0.25, 0.3) is 0 Å². The highest BCUT2D eigenvalue weighted by Crippen LogP contribution is 2.49. The van der Waals surface area contributed by atoms with Gasteiger partial charge in [0, 0.05) is 7.11 Å². The minimum atomic E-state index is -5.81. The number of alkyl halides is 2. The van der Waals surface area contributed by atoms with Gasteiger partial charge in [-0.05, 0) is 37.0 Å². The molecule has 0 heterocycles. The van der Waals surface area contributed by atoms with E-state index in [0.717, 1.165) is 19.3 Å². The fraction of sp³-hybridized carbons (Fsp3) is 0.909. The van der Waals surface area contributed by atoms with Crippen molar-refractivity contribution in [1.82, 2.24) is 0 Å². The van der Waals surface area contributed by atoms with Gasteiger partial charge >= 0.3 is 21.3 Å².